The number of pyridine rings is 1. The SMILES string of the molecule is COC(=O)C(C(=O)c1nc(C#N)c2c(Oc3ccccc3)cccc2c1OC)c1ccc[nH]1. The molecular formula is C25H19N3O5. The van der Waals surface area contributed by atoms with Gasteiger partial charge < -0.3 is 19.2 Å². The third-order valence-electron chi connectivity index (χ3n) is 5.09. The number of para-hydroxylation sites is 1. The first-order valence-corrected chi connectivity index (χ1v) is 9.98. The number of methoxy groups -OCH3 is 2. The molecule has 4 rings (SSSR count). The van der Waals surface area contributed by atoms with Gasteiger partial charge in [-0.2, -0.15) is 5.26 Å². The maximum absolute atomic E-state index is 13.5. The molecular weight excluding hydrogens is 422 g/mol. The second-order valence-corrected chi connectivity index (χ2v) is 6.99. The molecule has 0 fully saturated rings. The summed E-state index contributed by atoms with van der Waals surface area (Å²) in [5.41, 5.74) is 0.162. The maximum atomic E-state index is 13.5. The summed E-state index contributed by atoms with van der Waals surface area (Å²) in [4.78, 5) is 33.2. The second kappa shape index (κ2) is 9.24. The molecule has 0 bridgehead atoms. The van der Waals surface area contributed by atoms with Crippen LogP contribution in [0.1, 0.15) is 27.8 Å². The Morgan fingerprint density at radius 2 is 1.82 bits per heavy atom. The van der Waals surface area contributed by atoms with Crippen LogP contribution < -0.4 is 9.47 Å². The van der Waals surface area contributed by atoms with Crippen LogP contribution in [0.3, 0.4) is 0 Å². The van der Waals surface area contributed by atoms with E-state index in [1.807, 2.05) is 24.3 Å². The number of aromatic nitrogens is 2. The van der Waals surface area contributed by atoms with Gasteiger partial charge in [0.05, 0.1) is 19.6 Å². The van der Waals surface area contributed by atoms with Crippen LogP contribution >= 0.6 is 0 Å². The van der Waals surface area contributed by atoms with E-state index in [4.69, 9.17) is 14.2 Å². The molecule has 4 aromatic rings. The number of nitriles is 1. The van der Waals surface area contributed by atoms with E-state index in [1.165, 1.54) is 14.2 Å². The van der Waals surface area contributed by atoms with Crippen molar-refractivity contribution in [3.63, 3.8) is 0 Å². The third kappa shape index (κ3) is 4.00. The summed E-state index contributed by atoms with van der Waals surface area (Å²) in [6, 6.07) is 19.5. The molecule has 1 unspecified atom stereocenters. The number of esters is 1. The van der Waals surface area contributed by atoms with Gasteiger partial charge in [-0.15, -0.1) is 0 Å². The number of H-pyrrole nitrogens is 1. The highest BCUT2D eigenvalue weighted by Crippen LogP contribution is 2.39. The molecule has 8 heteroatoms. The molecule has 0 radical (unpaired) electrons. The van der Waals surface area contributed by atoms with Crippen LogP contribution in [-0.2, 0) is 9.53 Å². The van der Waals surface area contributed by atoms with Crippen molar-refractivity contribution in [3.8, 4) is 23.3 Å². The number of carbonyl (C=O) groups excluding carboxylic acids is 2. The molecule has 0 saturated carbocycles. The molecule has 8 nitrogen and oxygen atoms in total. The summed E-state index contributed by atoms with van der Waals surface area (Å²) in [5.74, 6) is -1.62. The molecule has 0 aliphatic heterocycles. The molecule has 0 aliphatic carbocycles. The van der Waals surface area contributed by atoms with Crippen molar-refractivity contribution in [2.75, 3.05) is 14.2 Å². The highest BCUT2D eigenvalue weighted by molar-refractivity contribution is 6.15. The van der Waals surface area contributed by atoms with Crippen LogP contribution in [0.4, 0.5) is 0 Å². The Morgan fingerprint density at radius 1 is 1.03 bits per heavy atom. The van der Waals surface area contributed by atoms with Crippen LogP contribution in [0.25, 0.3) is 10.8 Å². The van der Waals surface area contributed by atoms with Crippen molar-refractivity contribution in [1.29, 1.82) is 5.26 Å². The lowest BCUT2D eigenvalue weighted by Crippen LogP contribution is -2.25. The van der Waals surface area contributed by atoms with E-state index in [1.54, 1.807) is 48.7 Å². The predicted octanol–water partition coefficient (Wildman–Crippen LogP) is 4.37. The smallest absolute Gasteiger partial charge is 0.322 e. The number of rotatable bonds is 7. The van der Waals surface area contributed by atoms with Gasteiger partial charge in [-0.25, -0.2) is 4.98 Å². The molecule has 0 saturated heterocycles. The number of aromatic amines is 1. The van der Waals surface area contributed by atoms with Gasteiger partial charge in [0.2, 0.25) is 5.78 Å². The van der Waals surface area contributed by atoms with Gasteiger partial charge >= 0.3 is 5.97 Å². The van der Waals surface area contributed by atoms with Gasteiger partial charge in [-0.1, -0.05) is 30.3 Å². The van der Waals surface area contributed by atoms with Gasteiger partial charge in [0.15, 0.2) is 23.1 Å². The molecule has 0 aliphatic rings. The maximum Gasteiger partial charge on any atom is 0.322 e. The van der Waals surface area contributed by atoms with E-state index in [9.17, 15) is 14.9 Å². The minimum absolute atomic E-state index is 0.0317. The van der Waals surface area contributed by atoms with Crippen molar-refractivity contribution >= 4 is 22.5 Å². The average Bonchev–Trinajstić information content (AvgIpc) is 3.38. The molecule has 2 aromatic carbocycles. The van der Waals surface area contributed by atoms with Crippen molar-refractivity contribution in [1.82, 2.24) is 9.97 Å². The largest absolute Gasteiger partial charge is 0.494 e. The molecule has 1 N–H and O–H groups in total. The fourth-order valence-electron chi connectivity index (χ4n) is 3.62. The van der Waals surface area contributed by atoms with Crippen LogP contribution in [0, 0.1) is 11.3 Å². The van der Waals surface area contributed by atoms with E-state index in [0.717, 1.165) is 0 Å². The minimum Gasteiger partial charge on any atom is -0.494 e. The lowest BCUT2D eigenvalue weighted by molar-refractivity contribution is -0.141. The number of hydrogen-bond acceptors (Lipinski definition) is 7. The number of fused-ring (bicyclic) bond motifs is 1. The lowest BCUT2D eigenvalue weighted by atomic mass is 9.95. The fraction of sp³-hybridized carbons (Fsp3) is 0.120. The normalized spacial score (nSPS) is 11.4. The van der Waals surface area contributed by atoms with Crippen LogP contribution in [-0.4, -0.2) is 35.9 Å². The van der Waals surface area contributed by atoms with Crippen LogP contribution in [0.5, 0.6) is 17.2 Å². The number of nitrogens with one attached hydrogen (secondary N) is 1. The zero-order valence-electron chi connectivity index (χ0n) is 17.9. The summed E-state index contributed by atoms with van der Waals surface area (Å²) in [6.07, 6.45) is 1.59. The van der Waals surface area contributed by atoms with E-state index < -0.39 is 17.7 Å². The summed E-state index contributed by atoms with van der Waals surface area (Å²) in [6.45, 7) is 0. The topological polar surface area (TPSA) is 114 Å². The zero-order chi connectivity index (χ0) is 23.4. The Hall–Kier alpha value is -4.64. The Bertz CT molecular complexity index is 1360. The van der Waals surface area contributed by atoms with E-state index >= 15 is 0 Å². The fourth-order valence-corrected chi connectivity index (χ4v) is 3.62. The van der Waals surface area contributed by atoms with Gasteiger partial charge in [0.25, 0.3) is 0 Å². The molecule has 1 atom stereocenters. The lowest BCUT2D eigenvalue weighted by Gasteiger charge is -2.17. The van der Waals surface area contributed by atoms with Crippen LogP contribution in [0.2, 0.25) is 0 Å². The number of Topliss-reactive ketones (excluding diaryl/α,β-unsaturated/α-hetero) is 1. The Balaban J connectivity index is 1.91. The predicted molar refractivity (Wildman–Crippen MR) is 119 cm³/mol. The molecule has 0 amide bonds. The van der Waals surface area contributed by atoms with Gasteiger partial charge in [-0.05, 0) is 30.3 Å². The highest BCUT2D eigenvalue weighted by atomic mass is 16.5. The highest BCUT2D eigenvalue weighted by Gasteiger charge is 2.35. The monoisotopic (exact) mass is 441 g/mol. The first kappa shape index (κ1) is 21.6. The molecule has 0 spiro atoms. The molecule has 2 aromatic heterocycles. The summed E-state index contributed by atoms with van der Waals surface area (Å²) in [7, 11) is 2.59. The molecule has 2 heterocycles. The molecule has 164 valence electrons. The number of ether oxygens (including phenoxy) is 3. The zero-order valence-corrected chi connectivity index (χ0v) is 17.9. The first-order chi connectivity index (χ1) is 16.1. The van der Waals surface area contributed by atoms with Gasteiger partial charge in [0.1, 0.15) is 17.6 Å². The van der Waals surface area contributed by atoms with Crippen molar-refractivity contribution in [3.05, 3.63) is 83.9 Å². The summed E-state index contributed by atoms with van der Waals surface area (Å²) < 4.78 is 16.4. The quantitative estimate of drug-likeness (QED) is 0.257. The average molecular weight is 441 g/mol. The standard InChI is InChI=1S/C25H19N3O5/c1-31-24-16-10-6-12-19(33-15-8-4-3-5-9-15)20(16)18(14-26)28-22(24)23(29)21(25(30)32-2)17-11-7-13-27-17/h3-13,21,27H,1-2H3. The number of ketones is 1. The number of hydrogen-bond donors (Lipinski definition) is 1. The van der Waals surface area contributed by atoms with E-state index in [2.05, 4.69) is 9.97 Å². The second-order valence-electron chi connectivity index (χ2n) is 6.99. The minimum atomic E-state index is -1.29. The number of benzene rings is 2. The van der Waals surface area contributed by atoms with Crippen molar-refractivity contribution in [2.45, 2.75) is 5.92 Å². The van der Waals surface area contributed by atoms with Gasteiger partial charge in [0, 0.05) is 17.3 Å². The number of nitrogens with zero attached hydrogens (tertiary/aromatic N) is 2. The van der Waals surface area contributed by atoms with Crippen LogP contribution in [0.15, 0.2) is 66.9 Å². The first-order valence-electron chi connectivity index (χ1n) is 9.98. The Morgan fingerprint density at radius 3 is 2.45 bits per heavy atom. The summed E-state index contributed by atoms with van der Waals surface area (Å²) in [5, 5.41) is 10.7. The number of carbonyl (C=O) groups is 2. The Labute approximate surface area is 189 Å². The third-order valence-corrected chi connectivity index (χ3v) is 5.09. The summed E-state index contributed by atoms with van der Waals surface area (Å²) >= 11 is 0. The van der Waals surface area contributed by atoms with E-state index in [-0.39, 0.29) is 17.1 Å². The van der Waals surface area contributed by atoms with Crippen molar-refractivity contribution < 1.29 is 23.8 Å². The van der Waals surface area contributed by atoms with Crippen molar-refractivity contribution in [2.24, 2.45) is 0 Å². The van der Waals surface area contributed by atoms with E-state index in [0.29, 0.717) is 28.0 Å². The molecule has 33 heavy (non-hydrogen) atoms. The van der Waals surface area contributed by atoms with Gasteiger partial charge in [-0.3, -0.25) is 9.59 Å². The Kier molecular flexibility index (Phi) is 6.04.